The Kier molecular flexibility index (Phi) is 8.07. The first-order valence-corrected chi connectivity index (χ1v) is 13.1. The van der Waals surface area contributed by atoms with E-state index in [1.165, 1.54) is 30.2 Å². The minimum absolute atomic E-state index is 0.113. The van der Waals surface area contributed by atoms with Gasteiger partial charge >= 0.3 is 5.97 Å². The number of aryl methyl sites for hydroxylation is 1. The summed E-state index contributed by atoms with van der Waals surface area (Å²) in [6.45, 7) is 4.72. The summed E-state index contributed by atoms with van der Waals surface area (Å²) in [5.74, 6) is 0.830. The fraction of sp³-hybridized carbons (Fsp3) is 0.231. The van der Waals surface area contributed by atoms with Gasteiger partial charge in [-0.2, -0.15) is 0 Å². The Hall–Kier alpha value is -3.63. The lowest BCUT2D eigenvalue weighted by Crippen LogP contribution is -2.16. The predicted octanol–water partition coefficient (Wildman–Crippen LogP) is 5.53. The van der Waals surface area contributed by atoms with Gasteiger partial charge < -0.3 is 19.4 Å². The molecule has 0 saturated carbocycles. The first kappa shape index (κ1) is 25.5. The number of benzene rings is 2. The molecule has 0 bridgehead atoms. The van der Waals surface area contributed by atoms with Crippen LogP contribution in [-0.4, -0.2) is 46.6 Å². The molecule has 0 aliphatic carbocycles. The highest BCUT2D eigenvalue weighted by molar-refractivity contribution is 7.99. The number of nitrogens with zero attached hydrogens (tertiary/aromatic N) is 3. The second kappa shape index (κ2) is 11.4. The van der Waals surface area contributed by atoms with Gasteiger partial charge in [0.1, 0.15) is 16.3 Å². The van der Waals surface area contributed by atoms with Crippen LogP contribution in [0.2, 0.25) is 0 Å². The smallest absolute Gasteiger partial charge is 0.341 e. The van der Waals surface area contributed by atoms with E-state index in [0.29, 0.717) is 33.6 Å². The Bertz CT molecular complexity index is 1380. The summed E-state index contributed by atoms with van der Waals surface area (Å²) in [5, 5.41) is 14.5. The molecule has 1 N–H and O–H groups in total. The SMILES string of the molecule is CCn1c(SCC(=O)Nc2scc(-c3ccc(OC)cc3)c2C(=O)OC)nnc1-c1ccccc1C. The van der Waals surface area contributed by atoms with Crippen molar-refractivity contribution >= 4 is 40.0 Å². The van der Waals surface area contributed by atoms with Gasteiger partial charge in [-0.25, -0.2) is 4.79 Å². The summed E-state index contributed by atoms with van der Waals surface area (Å²) in [4.78, 5) is 25.5. The molecule has 1 amide bonds. The highest BCUT2D eigenvalue weighted by atomic mass is 32.2. The molecule has 0 saturated heterocycles. The fourth-order valence-corrected chi connectivity index (χ4v) is 5.51. The van der Waals surface area contributed by atoms with Crippen molar-refractivity contribution in [3.63, 3.8) is 0 Å². The number of carbonyl (C=O) groups excluding carboxylic acids is 2. The van der Waals surface area contributed by atoms with Gasteiger partial charge in [-0.3, -0.25) is 4.79 Å². The van der Waals surface area contributed by atoms with Gasteiger partial charge in [0.2, 0.25) is 5.91 Å². The van der Waals surface area contributed by atoms with Crippen molar-refractivity contribution in [2.75, 3.05) is 25.3 Å². The number of rotatable bonds is 9. The quantitative estimate of drug-likeness (QED) is 0.228. The van der Waals surface area contributed by atoms with E-state index in [1.54, 1.807) is 7.11 Å². The monoisotopic (exact) mass is 522 g/mol. The van der Waals surface area contributed by atoms with Crippen molar-refractivity contribution in [3.8, 4) is 28.3 Å². The van der Waals surface area contributed by atoms with E-state index < -0.39 is 5.97 Å². The van der Waals surface area contributed by atoms with Gasteiger partial charge in [0, 0.05) is 23.1 Å². The Labute approximate surface area is 217 Å². The number of aromatic nitrogens is 3. The number of carbonyl (C=O) groups is 2. The number of methoxy groups -OCH3 is 2. The maximum absolute atomic E-state index is 12.9. The highest BCUT2D eigenvalue weighted by Gasteiger charge is 2.23. The van der Waals surface area contributed by atoms with Gasteiger partial charge in [0.05, 0.1) is 20.0 Å². The number of nitrogens with one attached hydrogen (secondary N) is 1. The number of hydrogen-bond acceptors (Lipinski definition) is 8. The lowest BCUT2D eigenvalue weighted by Gasteiger charge is -2.10. The number of esters is 1. The molecule has 0 fully saturated rings. The van der Waals surface area contributed by atoms with Crippen LogP contribution in [0.15, 0.2) is 59.1 Å². The van der Waals surface area contributed by atoms with Crippen molar-refractivity contribution in [2.24, 2.45) is 0 Å². The maximum Gasteiger partial charge on any atom is 0.341 e. The normalized spacial score (nSPS) is 10.8. The molecule has 0 radical (unpaired) electrons. The first-order chi connectivity index (χ1) is 17.5. The van der Waals surface area contributed by atoms with Crippen molar-refractivity contribution in [1.29, 1.82) is 0 Å². The van der Waals surface area contributed by atoms with Gasteiger partial charge in [0.25, 0.3) is 0 Å². The molecule has 8 nitrogen and oxygen atoms in total. The van der Waals surface area contributed by atoms with E-state index in [4.69, 9.17) is 9.47 Å². The third-order valence-electron chi connectivity index (χ3n) is 5.59. The van der Waals surface area contributed by atoms with Crippen LogP contribution in [0.25, 0.3) is 22.5 Å². The molecule has 2 aromatic heterocycles. The molecule has 0 unspecified atom stereocenters. The molecule has 0 spiro atoms. The van der Waals surface area contributed by atoms with Gasteiger partial charge in [0.15, 0.2) is 11.0 Å². The average Bonchev–Trinajstić information content (AvgIpc) is 3.51. The fourth-order valence-electron chi connectivity index (χ4n) is 3.73. The molecule has 2 heterocycles. The lowest BCUT2D eigenvalue weighted by molar-refractivity contribution is -0.113. The molecule has 186 valence electrons. The largest absolute Gasteiger partial charge is 0.497 e. The zero-order valence-electron chi connectivity index (χ0n) is 20.4. The van der Waals surface area contributed by atoms with Crippen LogP contribution in [0.1, 0.15) is 22.8 Å². The summed E-state index contributed by atoms with van der Waals surface area (Å²) in [5.41, 5.74) is 3.95. The number of anilines is 1. The summed E-state index contributed by atoms with van der Waals surface area (Å²) >= 11 is 2.58. The summed E-state index contributed by atoms with van der Waals surface area (Å²) in [7, 11) is 2.92. The molecule has 2 aromatic carbocycles. The lowest BCUT2D eigenvalue weighted by atomic mass is 10.0. The number of thiophene rings is 1. The Balaban J connectivity index is 1.51. The number of hydrogen-bond donors (Lipinski definition) is 1. The Morgan fingerprint density at radius 2 is 1.81 bits per heavy atom. The van der Waals surface area contributed by atoms with E-state index >= 15 is 0 Å². The zero-order chi connectivity index (χ0) is 25.7. The first-order valence-electron chi connectivity index (χ1n) is 11.2. The molecule has 0 aliphatic rings. The Morgan fingerprint density at radius 1 is 1.06 bits per heavy atom. The number of ether oxygens (including phenoxy) is 2. The van der Waals surface area contributed by atoms with Gasteiger partial charge in [-0.05, 0) is 37.1 Å². The highest BCUT2D eigenvalue weighted by Crippen LogP contribution is 2.37. The predicted molar refractivity (Wildman–Crippen MR) is 143 cm³/mol. The molecule has 10 heteroatoms. The van der Waals surface area contributed by atoms with Gasteiger partial charge in [-0.1, -0.05) is 48.2 Å². The van der Waals surface area contributed by atoms with Crippen LogP contribution in [0.3, 0.4) is 0 Å². The van der Waals surface area contributed by atoms with Crippen LogP contribution >= 0.6 is 23.1 Å². The zero-order valence-corrected chi connectivity index (χ0v) is 22.0. The number of amides is 1. The van der Waals surface area contributed by atoms with Crippen molar-refractivity contribution in [1.82, 2.24) is 14.8 Å². The minimum Gasteiger partial charge on any atom is -0.497 e. The second-order valence-electron chi connectivity index (χ2n) is 7.78. The molecule has 0 aliphatic heterocycles. The standard InChI is InChI=1S/C26H26N4O4S2/c1-5-30-23(19-9-7-6-8-16(19)2)28-29-26(30)36-15-21(31)27-24-22(25(32)34-4)20(14-35-24)17-10-12-18(33-3)13-11-17/h6-14H,5,15H2,1-4H3,(H,27,31). The third kappa shape index (κ3) is 5.29. The minimum atomic E-state index is -0.515. The molecule has 0 atom stereocenters. The molecule has 4 aromatic rings. The van der Waals surface area contributed by atoms with E-state index in [-0.39, 0.29) is 11.7 Å². The van der Waals surface area contributed by atoms with Gasteiger partial charge in [-0.15, -0.1) is 21.5 Å². The van der Waals surface area contributed by atoms with Crippen LogP contribution in [0.5, 0.6) is 5.75 Å². The third-order valence-corrected chi connectivity index (χ3v) is 7.45. The molecular weight excluding hydrogens is 496 g/mol. The van der Waals surface area contributed by atoms with Crippen molar-refractivity contribution in [3.05, 3.63) is 65.0 Å². The molecule has 36 heavy (non-hydrogen) atoms. The summed E-state index contributed by atoms with van der Waals surface area (Å²) in [6.07, 6.45) is 0. The van der Waals surface area contributed by atoms with Crippen LogP contribution in [-0.2, 0) is 16.1 Å². The maximum atomic E-state index is 12.9. The van der Waals surface area contributed by atoms with Crippen molar-refractivity contribution in [2.45, 2.75) is 25.5 Å². The van der Waals surface area contributed by atoms with Crippen LogP contribution < -0.4 is 10.1 Å². The molecule has 4 rings (SSSR count). The topological polar surface area (TPSA) is 95.3 Å². The second-order valence-corrected chi connectivity index (χ2v) is 9.60. The summed E-state index contributed by atoms with van der Waals surface area (Å²) < 4.78 is 12.2. The van der Waals surface area contributed by atoms with E-state index in [1.807, 2.05) is 72.3 Å². The van der Waals surface area contributed by atoms with E-state index in [2.05, 4.69) is 15.5 Å². The summed E-state index contributed by atoms with van der Waals surface area (Å²) in [6, 6.07) is 15.4. The van der Waals surface area contributed by atoms with E-state index in [9.17, 15) is 9.59 Å². The van der Waals surface area contributed by atoms with Crippen LogP contribution in [0.4, 0.5) is 5.00 Å². The Morgan fingerprint density at radius 3 is 2.47 bits per heavy atom. The van der Waals surface area contributed by atoms with Crippen molar-refractivity contribution < 1.29 is 19.1 Å². The van der Waals surface area contributed by atoms with E-state index in [0.717, 1.165) is 22.5 Å². The van der Waals surface area contributed by atoms with Crippen LogP contribution in [0, 0.1) is 6.92 Å². The number of thioether (sulfide) groups is 1. The average molecular weight is 523 g/mol. The molecular formula is C26H26N4O4S2.